The number of piperazine rings is 1. The van der Waals surface area contributed by atoms with Crippen LogP contribution in [-0.4, -0.2) is 81.8 Å². The molecule has 2 aromatic carbocycles. The van der Waals surface area contributed by atoms with Crippen LogP contribution in [0.4, 0.5) is 16.2 Å². The van der Waals surface area contributed by atoms with E-state index in [1.807, 2.05) is 18.2 Å². The van der Waals surface area contributed by atoms with Crippen molar-refractivity contribution in [3.05, 3.63) is 46.4 Å². The third-order valence-corrected chi connectivity index (χ3v) is 6.74. The van der Waals surface area contributed by atoms with Crippen LogP contribution < -0.4 is 19.3 Å². The number of anilines is 2. The molecular weight excluding hydrogens is 467 g/mol. The van der Waals surface area contributed by atoms with E-state index in [2.05, 4.69) is 4.90 Å². The Bertz CT molecular complexity index is 1040. The van der Waals surface area contributed by atoms with Crippen molar-refractivity contribution >= 4 is 46.5 Å². The number of carbonyl (C=O) groups excluding carboxylic acids is 2. The van der Waals surface area contributed by atoms with Gasteiger partial charge in [0.15, 0.2) is 11.5 Å². The van der Waals surface area contributed by atoms with Gasteiger partial charge in [0.25, 0.3) is 0 Å². The Kier molecular flexibility index (Phi) is 7.05. The highest BCUT2D eigenvalue weighted by Crippen LogP contribution is 2.33. The number of hydrogen-bond acceptors (Lipinski definition) is 5. The first-order valence-corrected chi connectivity index (χ1v) is 11.4. The van der Waals surface area contributed by atoms with Crippen LogP contribution in [0.5, 0.6) is 11.5 Å². The van der Waals surface area contributed by atoms with Crippen LogP contribution in [0.3, 0.4) is 0 Å². The van der Waals surface area contributed by atoms with Crippen LogP contribution in [0.15, 0.2) is 36.4 Å². The highest BCUT2D eigenvalue weighted by Gasteiger charge is 2.33. The highest BCUT2D eigenvalue weighted by atomic mass is 35.5. The van der Waals surface area contributed by atoms with Gasteiger partial charge in [0.2, 0.25) is 5.91 Å². The minimum atomic E-state index is -0.190. The fraction of sp³-hybridized carbons (Fsp3) is 0.391. The molecule has 0 spiro atoms. The van der Waals surface area contributed by atoms with E-state index in [-0.39, 0.29) is 18.5 Å². The molecule has 2 aromatic rings. The van der Waals surface area contributed by atoms with Crippen molar-refractivity contribution in [2.24, 2.45) is 0 Å². The van der Waals surface area contributed by atoms with E-state index < -0.39 is 0 Å². The molecule has 0 bridgehead atoms. The molecule has 33 heavy (non-hydrogen) atoms. The summed E-state index contributed by atoms with van der Waals surface area (Å²) in [6.45, 7) is 3.61. The Morgan fingerprint density at radius 2 is 1.55 bits per heavy atom. The molecule has 2 fully saturated rings. The third kappa shape index (κ3) is 4.91. The molecule has 2 aliphatic heterocycles. The first kappa shape index (κ1) is 23.3. The van der Waals surface area contributed by atoms with Crippen LogP contribution in [0.2, 0.25) is 10.0 Å². The summed E-state index contributed by atoms with van der Waals surface area (Å²) < 4.78 is 10.6. The molecule has 0 N–H and O–H groups in total. The van der Waals surface area contributed by atoms with Crippen molar-refractivity contribution in [1.82, 2.24) is 9.80 Å². The zero-order chi connectivity index (χ0) is 23.5. The number of rotatable bonds is 6. The molecule has 0 radical (unpaired) electrons. The van der Waals surface area contributed by atoms with Gasteiger partial charge in [-0.15, -0.1) is 0 Å². The minimum Gasteiger partial charge on any atom is -0.493 e. The number of halogens is 2. The maximum absolute atomic E-state index is 13.0. The number of carbonyl (C=O) groups is 2. The number of benzene rings is 2. The summed E-state index contributed by atoms with van der Waals surface area (Å²) in [6, 6.07) is 10.7. The summed E-state index contributed by atoms with van der Waals surface area (Å²) in [5, 5.41) is 1.03. The molecule has 0 atom stereocenters. The van der Waals surface area contributed by atoms with Crippen LogP contribution >= 0.6 is 23.2 Å². The lowest BCUT2D eigenvalue weighted by Crippen LogP contribution is -2.51. The Labute approximate surface area is 203 Å². The molecule has 8 nitrogen and oxygen atoms in total. The molecule has 2 saturated heterocycles. The lowest BCUT2D eigenvalue weighted by Gasteiger charge is -2.36. The Hall–Kier alpha value is -2.84. The summed E-state index contributed by atoms with van der Waals surface area (Å²) in [4.78, 5) is 33.1. The maximum atomic E-state index is 13.0. The highest BCUT2D eigenvalue weighted by molar-refractivity contribution is 6.42. The van der Waals surface area contributed by atoms with Gasteiger partial charge in [-0.2, -0.15) is 0 Å². The zero-order valence-corrected chi connectivity index (χ0v) is 20.1. The number of methoxy groups -OCH3 is 2. The fourth-order valence-corrected chi connectivity index (χ4v) is 4.41. The second-order valence-electron chi connectivity index (χ2n) is 7.86. The summed E-state index contributed by atoms with van der Waals surface area (Å²) >= 11 is 12.1. The third-order valence-electron chi connectivity index (χ3n) is 6.00. The monoisotopic (exact) mass is 492 g/mol. The Balaban J connectivity index is 1.33. The van der Waals surface area contributed by atoms with Gasteiger partial charge in [-0.25, -0.2) is 4.79 Å². The first-order valence-electron chi connectivity index (χ1n) is 10.7. The molecule has 2 heterocycles. The topological polar surface area (TPSA) is 65.6 Å². The molecule has 0 unspecified atom stereocenters. The Morgan fingerprint density at radius 1 is 0.848 bits per heavy atom. The van der Waals surface area contributed by atoms with Crippen molar-refractivity contribution in [3.63, 3.8) is 0 Å². The van der Waals surface area contributed by atoms with E-state index >= 15 is 0 Å². The second-order valence-corrected chi connectivity index (χ2v) is 8.68. The van der Waals surface area contributed by atoms with Crippen molar-refractivity contribution in [2.75, 3.05) is 69.8 Å². The van der Waals surface area contributed by atoms with E-state index in [1.54, 1.807) is 47.1 Å². The van der Waals surface area contributed by atoms with Gasteiger partial charge >= 0.3 is 6.03 Å². The average Bonchev–Trinajstić information content (AvgIpc) is 3.20. The van der Waals surface area contributed by atoms with Crippen molar-refractivity contribution in [2.45, 2.75) is 0 Å². The number of urea groups is 1. The van der Waals surface area contributed by atoms with Crippen LogP contribution in [-0.2, 0) is 4.79 Å². The van der Waals surface area contributed by atoms with E-state index in [0.29, 0.717) is 66.5 Å². The van der Waals surface area contributed by atoms with Crippen molar-refractivity contribution in [1.29, 1.82) is 0 Å². The molecule has 3 amide bonds. The average molecular weight is 493 g/mol. The summed E-state index contributed by atoms with van der Waals surface area (Å²) in [5.74, 6) is 1.10. The van der Waals surface area contributed by atoms with Crippen molar-refractivity contribution < 1.29 is 19.1 Å². The largest absolute Gasteiger partial charge is 0.493 e. The zero-order valence-electron chi connectivity index (χ0n) is 18.6. The summed E-state index contributed by atoms with van der Waals surface area (Å²) in [6.07, 6.45) is 0. The lowest BCUT2D eigenvalue weighted by atomic mass is 10.2. The standard InChI is InChI=1S/C23H26Cl2N4O4/c1-32-20-6-4-17(14-21(20)33-2)29-12-11-28(23(29)31)15-22(30)27-9-7-26(8-10-27)16-3-5-18(24)19(25)13-16/h3-6,13-14H,7-12,15H2,1-2H3. The normalized spacial score (nSPS) is 16.4. The van der Waals surface area contributed by atoms with Gasteiger partial charge in [0, 0.05) is 56.7 Å². The predicted molar refractivity (Wildman–Crippen MR) is 129 cm³/mol. The van der Waals surface area contributed by atoms with Gasteiger partial charge in [0.05, 0.1) is 24.3 Å². The minimum absolute atomic E-state index is 0.0497. The fourth-order valence-electron chi connectivity index (χ4n) is 4.12. The number of nitrogens with zero attached hydrogens (tertiary/aromatic N) is 4. The maximum Gasteiger partial charge on any atom is 0.325 e. The molecule has 4 rings (SSSR count). The van der Waals surface area contributed by atoms with Gasteiger partial charge in [-0.1, -0.05) is 23.2 Å². The quantitative estimate of drug-likeness (QED) is 0.616. The molecule has 2 aliphatic rings. The molecular formula is C23H26Cl2N4O4. The van der Waals surface area contributed by atoms with Crippen LogP contribution in [0.1, 0.15) is 0 Å². The summed E-state index contributed by atoms with van der Waals surface area (Å²) in [5.41, 5.74) is 1.69. The van der Waals surface area contributed by atoms with E-state index in [4.69, 9.17) is 32.7 Å². The van der Waals surface area contributed by atoms with Crippen LogP contribution in [0.25, 0.3) is 0 Å². The van der Waals surface area contributed by atoms with E-state index in [1.165, 1.54) is 0 Å². The first-order chi connectivity index (χ1) is 15.9. The van der Waals surface area contributed by atoms with Crippen molar-refractivity contribution in [3.8, 4) is 11.5 Å². The molecule has 176 valence electrons. The molecule has 0 aliphatic carbocycles. The molecule has 0 saturated carbocycles. The van der Waals surface area contributed by atoms with E-state index in [9.17, 15) is 9.59 Å². The van der Waals surface area contributed by atoms with E-state index in [0.717, 1.165) is 5.69 Å². The Morgan fingerprint density at radius 3 is 2.21 bits per heavy atom. The van der Waals surface area contributed by atoms with Gasteiger partial charge in [0.1, 0.15) is 6.54 Å². The van der Waals surface area contributed by atoms with Crippen LogP contribution in [0, 0.1) is 0 Å². The predicted octanol–water partition coefficient (Wildman–Crippen LogP) is 3.60. The molecule has 10 heteroatoms. The summed E-state index contributed by atoms with van der Waals surface area (Å²) in [7, 11) is 3.12. The number of ether oxygens (including phenoxy) is 2. The van der Waals surface area contributed by atoms with Gasteiger partial charge in [-0.3, -0.25) is 9.69 Å². The number of amides is 3. The second kappa shape index (κ2) is 9.97. The lowest BCUT2D eigenvalue weighted by molar-refractivity contribution is -0.131. The smallest absolute Gasteiger partial charge is 0.325 e. The number of hydrogen-bond donors (Lipinski definition) is 0. The molecule has 0 aromatic heterocycles. The SMILES string of the molecule is COc1ccc(N2CCN(CC(=O)N3CCN(c4ccc(Cl)c(Cl)c4)CC3)C2=O)cc1OC. The van der Waals surface area contributed by atoms with Gasteiger partial charge < -0.3 is 24.2 Å². The van der Waals surface area contributed by atoms with Gasteiger partial charge in [-0.05, 0) is 30.3 Å².